The van der Waals surface area contributed by atoms with Crippen LogP contribution < -0.4 is 9.47 Å². The fourth-order valence-corrected chi connectivity index (χ4v) is 1.34. The third-order valence-corrected chi connectivity index (χ3v) is 2.35. The summed E-state index contributed by atoms with van der Waals surface area (Å²) < 4.78 is 14.4. The topological polar surface area (TPSA) is 78.9 Å². The van der Waals surface area contributed by atoms with E-state index in [4.69, 9.17) is 9.47 Å². The van der Waals surface area contributed by atoms with E-state index in [-0.39, 0.29) is 11.5 Å². The Labute approximate surface area is 127 Å². The molecule has 0 spiro atoms. The van der Waals surface area contributed by atoms with E-state index in [0.717, 1.165) is 18.2 Å². The summed E-state index contributed by atoms with van der Waals surface area (Å²) in [4.78, 5) is 33.6. The Morgan fingerprint density at radius 2 is 1.64 bits per heavy atom. The van der Waals surface area contributed by atoms with Gasteiger partial charge < -0.3 is 14.2 Å². The minimum absolute atomic E-state index is 0.0967. The van der Waals surface area contributed by atoms with Gasteiger partial charge in [-0.15, -0.1) is 0 Å². The first kappa shape index (κ1) is 16.9. The molecule has 0 heterocycles. The van der Waals surface area contributed by atoms with Gasteiger partial charge in [0.15, 0.2) is 0 Å². The highest BCUT2D eigenvalue weighted by molar-refractivity contribution is 5.89. The predicted octanol–water partition coefficient (Wildman–Crippen LogP) is 2.06. The minimum atomic E-state index is -0.695. The monoisotopic (exact) mass is 302 g/mol. The lowest BCUT2D eigenvalue weighted by Gasteiger charge is -2.08. The third-order valence-electron chi connectivity index (χ3n) is 2.35. The van der Waals surface area contributed by atoms with Gasteiger partial charge >= 0.3 is 17.9 Å². The van der Waals surface area contributed by atoms with Crippen LogP contribution in [0.3, 0.4) is 0 Å². The maximum absolute atomic E-state index is 11.3. The van der Waals surface area contributed by atoms with Crippen LogP contribution >= 0.6 is 0 Å². The molecule has 0 aliphatic carbocycles. The highest BCUT2D eigenvalue weighted by Crippen LogP contribution is 2.26. The number of methoxy groups -OCH3 is 1. The van der Waals surface area contributed by atoms with E-state index >= 15 is 0 Å². The molecule has 114 valence electrons. The Kier molecular flexibility index (Phi) is 6.31. The zero-order valence-corrected chi connectivity index (χ0v) is 11.9. The standard InChI is InChI=1S/C16H14O6/c1-4-14(17)21-12-8-6-11(7-9-16(19)20-3)13(10-12)22-15(18)5-2/h4-10H,1-2H2,3H3. The molecule has 0 aliphatic rings. The molecular formula is C16H14O6. The molecule has 22 heavy (non-hydrogen) atoms. The number of ether oxygens (including phenoxy) is 3. The van der Waals surface area contributed by atoms with Crippen molar-refractivity contribution in [2.24, 2.45) is 0 Å². The van der Waals surface area contributed by atoms with E-state index in [1.165, 1.54) is 31.4 Å². The molecule has 0 aliphatic heterocycles. The number of hydrogen-bond donors (Lipinski definition) is 0. The van der Waals surface area contributed by atoms with Crippen molar-refractivity contribution in [3.05, 3.63) is 55.1 Å². The average Bonchev–Trinajstić information content (AvgIpc) is 2.53. The van der Waals surface area contributed by atoms with Gasteiger partial charge in [-0.2, -0.15) is 0 Å². The van der Waals surface area contributed by atoms with E-state index in [9.17, 15) is 14.4 Å². The van der Waals surface area contributed by atoms with Crippen LogP contribution in [-0.4, -0.2) is 25.0 Å². The molecule has 0 N–H and O–H groups in total. The summed E-state index contributed by atoms with van der Waals surface area (Å²) >= 11 is 0. The van der Waals surface area contributed by atoms with Crippen molar-refractivity contribution in [2.45, 2.75) is 0 Å². The summed E-state index contributed by atoms with van der Waals surface area (Å²) in [6.07, 6.45) is 4.54. The Balaban J connectivity index is 3.13. The Bertz CT molecular complexity index is 642. The largest absolute Gasteiger partial charge is 0.466 e. The lowest BCUT2D eigenvalue weighted by molar-refractivity contribution is -0.135. The van der Waals surface area contributed by atoms with Crippen LogP contribution in [0.15, 0.2) is 49.6 Å². The summed E-state index contributed by atoms with van der Waals surface area (Å²) in [6, 6.07) is 4.32. The number of hydrogen-bond acceptors (Lipinski definition) is 6. The van der Waals surface area contributed by atoms with Crippen LogP contribution in [-0.2, 0) is 19.1 Å². The highest BCUT2D eigenvalue weighted by atomic mass is 16.5. The van der Waals surface area contributed by atoms with Crippen molar-refractivity contribution in [1.82, 2.24) is 0 Å². The summed E-state index contributed by atoms with van der Waals surface area (Å²) in [5.41, 5.74) is 0.416. The van der Waals surface area contributed by atoms with Gasteiger partial charge in [-0.3, -0.25) is 0 Å². The smallest absolute Gasteiger partial charge is 0.335 e. The van der Waals surface area contributed by atoms with Crippen LogP contribution in [0.5, 0.6) is 11.5 Å². The molecule has 0 amide bonds. The number of carbonyl (C=O) groups is 3. The number of carbonyl (C=O) groups excluding carboxylic acids is 3. The molecular weight excluding hydrogens is 288 g/mol. The van der Waals surface area contributed by atoms with Crippen molar-refractivity contribution in [2.75, 3.05) is 7.11 Å². The summed E-state index contributed by atoms with van der Waals surface area (Å²) in [6.45, 7) is 6.57. The first-order valence-electron chi connectivity index (χ1n) is 6.08. The summed E-state index contributed by atoms with van der Waals surface area (Å²) in [5.74, 6) is -1.66. The van der Waals surface area contributed by atoms with Gasteiger partial charge in [0.2, 0.25) is 0 Å². The van der Waals surface area contributed by atoms with Crippen LogP contribution in [0.4, 0.5) is 0 Å². The zero-order chi connectivity index (χ0) is 16.5. The van der Waals surface area contributed by atoms with Crippen molar-refractivity contribution in [3.8, 4) is 11.5 Å². The molecule has 0 saturated carbocycles. The van der Waals surface area contributed by atoms with Gasteiger partial charge in [0, 0.05) is 29.9 Å². The number of benzene rings is 1. The molecule has 0 aromatic heterocycles. The molecule has 1 aromatic carbocycles. The van der Waals surface area contributed by atoms with Crippen LogP contribution in [0.25, 0.3) is 6.08 Å². The molecule has 6 nitrogen and oxygen atoms in total. The van der Waals surface area contributed by atoms with E-state index < -0.39 is 17.9 Å². The lowest BCUT2D eigenvalue weighted by Crippen LogP contribution is -2.06. The average molecular weight is 302 g/mol. The minimum Gasteiger partial charge on any atom is -0.466 e. The lowest BCUT2D eigenvalue weighted by atomic mass is 10.1. The van der Waals surface area contributed by atoms with Gasteiger partial charge in [-0.1, -0.05) is 13.2 Å². The Morgan fingerprint density at radius 3 is 2.23 bits per heavy atom. The second-order valence-electron chi connectivity index (χ2n) is 3.81. The first-order chi connectivity index (χ1) is 10.5. The second kappa shape index (κ2) is 8.21. The van der Waals surface area contributed by atoms with Crippen molar-refractivity contribution < 1.29 is 28.6 Å². The van der Waals surface area contributed by atoms with Crippen LogP contribution in [0, 0.1) is 0 Å². The summed E-state index contributed by atoms with van der Waals surface area (Å²) in [5, 5.41) is 0. The number of esters is 3. The predicted molar refractivity (Wildman–Crippen MR) is 79.2 cm³/mol. The second-order valence-corrected chi connectivity index (χ2v) is 3.81. The highest BCUT2D eigenvalue weighted by Gasteiger charge is 2.09. The molecule has 0 saturated heterocycles. The van der Waals surface area contributed by atoms with Gasteiger partial charge in [-0.25, -0.2) is 14.4 Å². The molecule has 0 unspecified atom stereocenters. The third kappa shape index (κ3) is 5.09. The number of rotatable bonds is 6. The SMILES string of the molecule is C=CC(=O)Oc1ccc(C=CC(=O)OC)c(OC(=O)C=C)c1. The quantitative estimate of drug-likeness (QED) is 0.454. The van der Waals surface area contributed by atoms with Crippen LogP contribution in [0.1, 0.15) is 5.56 Å². The van der Waals surface area contributed by atoms with E-state index in [1.54, 1.807) is 0 Å². The molecule has 0 bridgehead atoms. The normalized spacial score (nSPS) is 9.86. The zero-order valence-electron chi connectivity index (χ0n) is 11.9. The molecule has 0 atom stereocenters. The summed E-state index contributed by atoms with van der Waals surface area (Å²) in [7, 11) is 1.24. The van der Waals surface area contributed by atoms with Gasteiger partial charge in [0.05, 0.1) is 7.11 Å². The fourth-order valence-electron chi connectivity index (χ4n) is 1.34. The first-order valence-corrected chi connectivity index (χ1v) is 6.08. The molecule has 0 radical (unpaired) electrons. The Hall–Kier alpha value is -3.15. The molecule has 1 aromatic rings. The van der Waals surface area contributed by atoms with Crippen molar-refractivity contribution in [1.29, 1.82) is 0 Å². The van der Waals surface area contributed by atoms with Gasteiger partial charge in [-0.05, 0) is 18.2 Å². The Morgan fingerprint density at radius 1 is 1.00 bits per heavy atom. The molecule has 0 fully saturated rings. The van der Waals surface area contributed by atoms with Crippen molar-refractivity contribution >= 4 is 24.0 Å². The molecule has 6 heteroatoms. The van der Waals surface area contributed by atoms with Crippen LogP contribution in [0.2, 0.25) is 0 Å². The fraction of sp³-hybridized carbons (Fsp3) is 0.0625. The van der Waals surface area contributed by atoms with Gasteiger partial charge in [0.1, 0.15) is 11.5 Å². The maximum atomic E-state index is 11.3. The maximum Gasteiger partial charge on any atom is 0.335 e. The van der Waals surface area contributed by atoms with E-state index in [1.807, 2.05) is 0 Å². The molecule has 1 rings (SSSR count). The van der Waals surface area contributed by atoms with E-state index in [0.29, 0.717) is 5.56 Å². The van der Waals surface area contributed by atoms with Gasteiger partial charge in [0.25, 0.3) is 0 Å². The van der Waals surface area contributed by atoms with Crippen molar-refractivity contribution in [3.63, 3.8) is 0 Å². The van der Waals surface area contributed by atoms with E-state index in [2.05, 4.69) is 17.9 Å².